The Bertz CT molecular complexity index is 1330. The normalized spacial score (nSPS) is 11.4. The third kappa shape index (κ3) is 4.46. The van der Waals surface area contributed by atoms with Gasteiger partial charge in [0.05, 0.1) is 10.4 Å². The lowest BCUT2D eigenvalue weighted by Gasteiger charge is -2.21. The Hall–Kier alpha value is -2.94. The van der Waals surface area contributed by atoms with Crippen LogP contribution in [0.4, 0.5) is 21.7 Å². The van der Waals surface area contributed by atoms with Crippen LogP contribution in [0, 0.1) is 5.82 Å². The van der Waals surface area contributed by atoms with Crippen molar-refractivity contribution in [3.05, 3.63) is 87.3 Å². The molecule has 0 radical (unpaired) electrons. The Balaban J connectivity index is 1.79. The van der Waals surface area contributed by atoms with Crippen molar-refractivity contribution in [3.63, 3.8) is 0 Å². The number of para-hydroxylation sites is 2. The molecule has 0 bridgehead atoms. The highest BCUT2D eigenvalue weighted by Gasteiger charge is 2.13. The maximum absolute atomic E-state index is 13.2. The topological polar surface area (TPSA) is 86.1 Å². The molecule has 0 spiro atoms. The summed E-state index contributed by atoms with van der Waals surface area (Å²) in [6.45, 7) is 0. The van der Waals surface area contributed by atoms with Crippen LogP contribution in [0.1, 0.15) is 0 Å². The van der Waals surface area contributed by atoms with Gasteiger partial charge in [-0.05, 0) is 59.9 Å². The molecule has 3 aromatic carbocycles. The van der Waals surface area contributed by atoms with Gasteiger partial charge in [0.2, 0.25) is 10.0 Å². The van der Waals surface area contributed by atoms with E-state index >= 15 is 0 Å². The van der Waals surface area contributed by atoms with E-state index in [1.807, 2.05) is 0 Å². The van der Waals surface area contributed by atoms with Crippen molar-refractivity contribution in [1.29, 1.82) is 0 Å². The summed E-state index contributed by atoms with van der Waals surface area (Å²) in [5.41, 5.74) is 1.47. The Morgan fingerprint density at radius 3 is 2.10 bits per heavy atom. The molecule has 0 unspecified atom stereocenters. The Morgan fingerprint density at radius 2 is 1.47 bits per heavy atom. The maximum Gasteiger partial charge on any atom is 0.202 e. The summed E-state index contributed by atoms with van der Waals surface area (Å²) in [6.07, 6.45) is 0. The maximum atomic E-state index is 13.2. The Kier molecular flexibility index (Phi) is 5.46. The van der Waals surface area contributed by atoms with Gasteiger partial charge in [0.25, 0.3) is 0 Å². The van der Waals surface area contributed by atoms with Gasteiger partial charge in [-0.25, -0.2) is 17.8 Å². The molecule has 0 saturated carbocycles. The number of rotatable bonds is 5. The fourth-order valence-electron chi connectivity index (χ4n) is 2.67. The SMILES string of the molecule is O=S(=O)([N-]c1nc2ccccc2nc1Nc1cc(Cl)cc(Cl)c1)c1ccc(F)cc1. The summed E-state index contributed by atoms with van der Waals surface area (Å²) in [5.74, 6) is -0.619. The summed E-state index contributed by atoms with van der Waals surface area (Å²) in [6, 6.07) is 16.1. The monoisotopic (exact) mass is 461 g/mol. The molecule has 30 heavy (non-hydrogen) atoms. The lowest BCUT2D eigenvalue weighted by Crippen LogP contribution is -2.03. The van der Waals surface area contributed by atoms with E-state index in [4.69, 9.17) is 23.2 Å². The molecule has 0 fully saturated rings. The lowest BCUT2D eigenvalue weighted by atomic mass is 10.3. The molecule has 0 aliphatic carbocycles. The van der Waals surface area contributed by atoms with Gasteiger partial charge in [0, 0.05) is 15.7 Å². The number of halogens is 3. The van der Waals surface area contributed by atoms with Crippen molar-refractivity contribution in [3.8, 4) is 0 Å². The van der Waals surface area contributed by atoms with Gasteiger partial charge < -0.3 is 15.0 Å². The minimum atomic E-state index is -4.17. The highest BCUT2D eigenvalue weighted by molar-refractivity contribution is 7.94. The molecule has 4 aromatic rings. The first-order valence-electron chi connectivity index (χ1n) is 8.54. The van der Waals surface area contributed by atoms with Crippen LogP contribution in [-0.2, 0) is 10.0 Å². The van der Waals surface area contributed by atoms with Gasteiger partial charge in [0.15, 0.2) is 0 Å². The predicted molar refractivity (Wildman–Crippen MR) is 116 cm³/mol. The minimum absolute atomic E-state index is 0.0951. The van der Waals surface area contributed by atoms with Gasteiger partial charge in [0.1, 0.15) is 11.6 Å². The van der Waals surface area contributed by atoms with Crippen molar-refractivity contribution in [1.82, 2.24) is 9.97 Å². The van der Waals surface area contributed by atoms with Gasteiger partial charge in [-0.1, -0.05) is 41.4 Å². The number of anilines is 2. The second-order valence-corrected chi connectivity index (χ2v) is 8.66. The molecule has 0 amide bonds. The summed E-state index contributed by atoms with van der Waals surface area (Å²) in [7, 11) is -4.17. The number of sulfonamides is 1. The Morgan fingerprint density at radius 1 is 0.867 bits per heavy atom. The largest absolute Gasteiger partial charge is 0.431 e. The molecular formula is C20H12Cl2FN4O2S-. The molecule has 6 nitrogen and oxygen atoms in total. The van der Waals surface area contributed by atoms with E-state index in [1.165, 1.54) is 0 Å². The smallest absolute Gasteiger partial charge is 0.202 e. The molecule has 1 heterocycles. The molecule has 0 atom stereocenters. The van der Waals surface area contributed by atoms with E-state index in [-0.39, 0.29) is 16.5 Å². The predicted octanol–water partition coefficient (Wildman–Crippen LogP) is 6.21. The van der Waals surface area contributed by atoms with E-state index < -0.39 is 15.8 Å². The quantitative estimate of drug-likeness (QED) is 0.381. The van der Waals surface area contributed by atoms with Crippen LogP contribution in [0.25, 0.3) is 15.8 Å². The average Bonchev–Trinajstić information content (AvgIpc) is 2.68. The highest BCUT2D eigenvalue weighted by Crippen LogP contribution is 2.35. The summed E-state index contributed by atoms with van der Waals surface area (Å²) >= 11 is 12.1. The van der Waals surface area contributed by atoms with E-state index in [1.54, 1.807) is 42.5 Å². The highest BCUT2D eigenvalue weighted by atomic mass is 35.5. The fourth-order valence-corrected chi connectivity index (χ4v) is 4.14. The number of nitrogens with zero attached hydrogens (tertiary/aromatic N) is 3. The van der Waals surface area contributed by atoms with Crippen LogP contribution in [-0.4, -0.2) is 18.4 Å². The van der Waals surface area contributed by atoms with Crippen LogP contribution in [0.2, 0.25) is 10.0 Å². The van der Waals surface area contributed by atoms with Crippen molar-refractivity contribution < 1.29 is 12.8 Å². The van der Waals surface area contributed by atoms with E-state index in [2.05, 4.69) is 20.0 Å². The zero-order valence-corrected chi connectivity index (χ0v) is 17.4. The molecule has 0 aliphatic heterocycles. The third-order valence-corrected chi connectivity index (χ3v) is 5.71. The number of fused-ring (bicyclic) bond motifs is 1. The number of aromatic nitrogens is 2. The van der Waals surface area contributed by atoms with Crippen LogP contribution in [0.3, 0.4) is 0 Å². The number of nitrogens with one attached hydrogen (secondary N) is 1. The van der Waals surface area contributed by atoms with Gasteiger partial charge >= 0.3 is 0 Å². The molecular weight excluding hydrogens is 450 g/mol. The van der Waals surface area contributed by atoms with Gasteiger partial charge in [-0.2, -0.15) is 0 Å². The molecule has 0 aliphatic rings. The van der Waals surface area contributed by atoms with Crippen molar-refractivity contribution in [2.24, 2.45) is 0 Å². The summed E-state index contributed by atoms with van der Waals surface area (Å²) in [5, 5.41) is 3.74. The first-order chi connectivity index (χ1) is 14.3. The van der Waals surface area contributed by atoms with Crippen molar-refractivity contribution in [2.75, 3.05) is 5.32 Å². The van der Waals surface area contributed by atoms with Crippen LogP contribution < -0.4 is 5.32 Å². The van der Waals surface area contributed by atoms with Crippen molar-refractivity contribution in [2.45, 2.75) is 4.90 Å². The van der Waals surface area contributed by atoms with Gasteiger partial charge in [-0.15, -0.1) is 0 Å². The molecule has 152 valence electrons. The second kappa shape index (κ2) is 8.06. The van der Waals surface area contributed by atoms with Crippen molar-refractivity contribution >= 4 is 61.6 Å². The third-order valence-electron chi connectivity index (χ3n) is 4.00. The summed E-state index contributed by atoms with van der Waals surface area (Å²) in [4.78, 5) is 8.61. The van der Waals surface area contributed by atoms with Crippen LogP contribution in [0.5, 0.6) is 0 Å². The Labute approximate surface area is 181 Å². The standard InChI is InChI=1S/C20H12Cl2FN4O2S/c21-12-9-13(22)11-15(10-12)24-19-20(26-18-4-2-1-3-17(18)25-19)27-30(28,29)16-7-5-14(23)6-8-16/h1-11H,(H-,24,25,26,27)/q-1. The van der Waals surface area contributed by atoms with E-state index in [0.29, 0.717) is 26.8 Å². The van der Waals surface area contributed by atoms with Crippen LogP contribution in [0.15, 0.2) is 71.6 Å². The second-order valence-electron chi connectivity index (χ2n) is 6.19. The molecule has 10 heteroatoms. The first-order valence-corrected chi connectivity index (χ1v) is 10.7. The zero-order valence-electron chi connectivity index (χ0n) is 15.1. The number of benzene rings is 3. The number of hydrogen-bond acceptors (Lipinski definition) is 5. The zero-order chi connectivity index (χ0) is 21.3. The first kappa shape index (κ1) is 20.3. The van der Waals surface area contributed by atoms with E-state index in [9.17, 15) is 12.8 Å². The fraction of sp³-hybridized carbons (Fsp3) is 0. The molecule has 0 saturated heterocycles. The average molecular weight is 462 g/mol. The van der Waals surface area contributed by atoms with E-state index in [0.717, 1.165) is 24.3 Å². The summed E-state index contributed by atoms with van der Waals surface area (Å²) < 4.78 is 42.5. The number of hydrogen-bond donors (Lipinski definition) is 1. The molecule has 1 N–H and O–H groups in total. The van der Waals surface area contributed by atoms with Crippen LogP contribution >= 0.6 is 23.2 Å². The molecule has 1 aromatic heterocycles. The lowest BCUT2D eigenvalue weighted by molar-refractivity contribution is 0.601. The molecule has 4 rings (SSSR count). The van der Waals surface area contributed by atoms with Gasteiger partial charge in [-0.3, -0.25) is 0 Å². The minimum Gasteiger partial charge on any atom is -0.431 e.